The summed E-state index contributed by atoms with van der Waals surface area (Å²) >= 11 is 0. The molecule has 2 unspecified atom stereocenters. The molecule has 606 valence electrons. The molecule has 3 heterocycles. The lowest BCUT2D eigenvalue weighted by molar-refractivity contribution is -0.219. The van der Waals surface area contributed by atoms with E-state index in [2.05, 4.69) is 28.8 Å². The van der Waals surface area contributed by atoms with Crippen molar-refractivity contribution in [2.75, 3.05) is 88.7 Å². The standard InChI is InChI=1S/C78H121F5N12O13/c1-16-25-56-67(99)85-65(48(6)18-3)73(105)93(35-17-2)44-63(98)90(13)57-28-21-20-24-36-94(72(57)104)60(39-49-31-29-47(5)30-32-49)71(103)88(11)43-61(96)84-55(34-33-50-37-53(79)64(54(80)38-50)78(81,82)83)69(101)95-42-52(108-19-4)40-58(95)68(100)86-77(45-76(7,8)46-77)75(107)92(15)66(51-26-22-23-27-51)74(106)91(14)59(70(102)87(9)10)41-62(97)89(56)12/h2,20-21,47-60,64-66H,16,18-19,22-46H2,1,3-15H3,(H,84,96)(H,85,99)(H,86,100)/b21-20-/t47?,48-,49?,50?,52+,53?,54?,55-,56-,57-,58-,59-,60-,64?,65-,66-/m0/s1. The number of carbonyl (C=O) groups excluding carboxylic acids is 12. The quantitative estimate of drug-likeness (QED) is 0.0994. The average molecular weight is 1530 g/mol. The first-order valence-corrected chi connectivity index (χ1v) is 39.1. The van der Waals surface area contributed by atoms with E-state index in [1.54, 1.807) is 33.8 Å². The first-order valence-electron chi connectivity index (χ1n) is 39.1. The number of amides is 12. The second-order valence-corrected chi connectivity index (χ2v) is 33.0. The number of rotatable bonds is 14. The van der Waals surface area contributed by atoms with Crippen LogP contribution in [0.1, 0.15) is 190 Å². The van der Waals surface area contributed by atoms with E-state index in [0.29, 0.717) is 57.3 Å². The third-order valence-corrected chi connectivity index (χ3v) is 24.1. The van der Waals surface area contributed by atoms with Crippen molar-refractivity contribution in [1.82, 2.24) is 60.0 Å². The zero-order valence-corrected chi connectivity index (χ0v) is 66.1. The van der Waals surface area contributed by atoms with Crippen molar-refractivity contribution in [1.29, 1.82) is 0 Å². The Morgan fingerprint density at radius 3 is 1.93 bits per heavy atom. The van der Waals surface area contributed by atoms with Crippen molar-refractivity contribution in [2.24, 2.45) is 40.9 Å². The molecule has 3 N–H and O–H groups in total. The first-order chi connectivity index (χ1) is 50.7. The van der Waals surface area contributed by atoms with Crippen LogP contribution >= 0.6 is 0 Å². The van der Waals surface area contributed by atoms with Crippen LogP contribution < -0.4 is 16.0 Å². The van der Waals surface area contributed by atoms with E-state index in [9.17, 15) is 37.1 Å². The number of ether oxygens (including phenoxy) is 1. The second-order valence-electron chi connectivity index (χ2n) is 33.0. The van der Waals surface area contributed by atoms with Gasteiger partial charge < -0.3 is 64.8 Å². The number of terminal acetylenes is 1. The minimum absolute atomic E-state index is 0.00425. The summed E-state index contributed by atoms with van der Waals surface area (Å²) in [6, 6.07) is -10.9. The highest BCUT2D eigenvalue weighted by molar-refractivity contribution is 6.01. The van der Waals surface area contributed by atoms with Crippen LogP contribution in [0.3, 0.4) is 0 Å². The molecular weight excluding hydrogens is 1410 g/mol. The number of carbonyl (C=O) groups is 12. The molecule has 2 saturated heterocycles. The van der Waals surface area contributed by atoms with Crippen molar-refractivity contribution < 1.29 is 84.2 Å². The fraction of sp³-hybridized carbons (Fsp3) is 0.795. The fourth-order valence-electron chi connectivity index (χ4n) is 17.8. The molecule has 1 spiro atoms. The topological polar surface area (TPSA) is 279 Å². The summed E-state index contributed by atoms with van der Waals surface area (Å²) in [5.74, 6) is -11.1. The van der Waals surface area contributed by atoms with Crippen molar-refractivity contribution in [3.8, 4) is 12.3 Å². The molecular formula is C78H121F5N12O13. The van der Waals surface area contributed by atoms with Crippen LogP contribution in [0.2, 0.25) is 0 Å². The van der Waals surface area contributed by atoms with Gasteiger partial charge in [-0.05, 0) is 119 Å². The van der Waals surface area contributed by atoms with Crippen LogP contribution in [0.4, 0.5) is 22.0 Å². The summed E-state index contributed by atoms with van der Waals surface area (Å²) in [5, 5.41) is 8.62. The van der Waals surface area contributed by atoms with Gasteiger partial charge in [0.25, 0.3) is 0 Å². The zero-order valence-electron chi connectivity index (χ0n) is 66.1. The molecule has 0 radical (unpaired) electrons. The lowest BCUT2D eigenvalue weighted by Gasteiger charge is -2.54. The monoisotopic (exact) mass is 1530 g/mol. The molecule has 12 atom stereocenters. The molecule has 108 heavy (non-hydrogen) atoms. The maximum Gasteiger partial charge on any atom is 0.397 e. The molecule has 0 aromatic rings. The third-order valence-electron chi connectivity index (χ3n) is 24.1. The number of fused-ring (bicyclic) bond motifs is 3. The largest absolute Gasteiger partial charge is 0.397 e. The summed E-state index contributed by atoms with van der Waals surface area (Å²) in [4.78, 5) is 193. The molecule has 0 aromatic heterocycles. The van der Waals surface area contributed by atoms with Crippen molar-refractivity contribution in [2.45, 2.75) is 268 Å². The van der Waals surface area contributed by atoms with Crippen molar-refractivity contribution >= 4 is 70.9 Å². The summed E-state index contributed by atoms with van der Waals surface area (Å²) in [5.41, 5.74) is -2.30. The maximum atomic E-state index is 15.8. The third kappa shape index (κ3) is 21.2. The fourth-order valence-corrected chi connectivity index (χ4v) is 17.8. The number of nitrogens with zero attached hydrogens (tertiary/aromatic N) is 9. The van der Waals surface area contributed by atoms with Crippen LogP contribution in [-0.4, -0.2) is 282 Å². The molecule has 25 nitrogen and oxygen atoms in total. The number of hydrogen-bond acceptors (Lipinski definition) is 13. The van der Waals surface area contributed by atoms with Crippen LogP contribution in [0.15, 0.2) is 12.2 Å². The Bertz CT molecular complexity index is 3280. The summed E-state index contributed by atoms with van der Waals surface area (Å²) in [6.45, 7) is 11.0. The molecule has 4 aliphatic carbocycles. The van der Waals surface area contributed by atoms with Crippen molar-refractivity contribution in [3.05, 3.63) is 12.2 Å². The Hall–Kier alpha value is -7.45. The van der Waals surface area contributed by atoms with E-state index in [-0.39, 0.29) is 77.0 Å². The van der Waals surface area contributed by atoms with E-state index in [1.165, 1.54) is 78.7 Å². The minimum atomic E-state index is -5.18. The molecule has 12 amide bonds. The zero-order chi connectivity index (χ0) is 80.2. The summed E-state index contributed by atoms with van der Waals surface area (Å²) < 4.78 is 79.2. The Balaban J connectivity index is 1.35. The molecule has 2 bridgehead atoms. The van der Waals surface area contributed by atoms with E-state index >= 15 is 42.3 Å². The van der Waals surface area contributed by atoms with Crippen LogP contribution in [0.25, 0.3) is 0 Å². The van der Waals surface area contributed by atoms with Gasteiger partial charge in [-0.3, -0.25) is 57.5 Å². The predicted octanol–water partition coefficient (Wildman–Crippen LogP) is 6.20. The van der Waals surface area contributed by atoms with Gasteiger partial charge in [0, 0.05) is 75.5 Å². The molecule has 30 heteroatoms. The Kier molecular flexibility index (Phi) is 30.9. The SMILES string of the molecule is C#CCN1CC(=O)N(C)[C@H]2C/C=C\CCN(C2=O)[C@@H](CC2CCC(C)CC2)C(=O)N(C)CC(=O)N[C@@H](CCC2CC(F)C(C(F)(F)F)C(F)C2)C(=O)N2C[C@H](OCC)C[C@H]2C(=O)NC2(CC(C)(C)C2)C(=O)N(C)[C@@H](C2CCCC2)C(=O)N(C)[C@H](C(=O)N(C)C)CC(=O)N(C)[C@@H](CCC)C(=O)N[C@@H]([C@@H](C)CC)C1=O. The number of halogens is 5. The van der Waals surface area contributed by atoms with Crippen LogP contribution in [0, 0.1) is 53.3 Å². The van der Waals surface area contributed by atoms with Crippen molar-refractivity contribution in [3.63, 3.8) is 0 Å². The Morgan fingerprint density at radius 2 is 1.35 bits per heavy atom. The van der Waals surface area contributed by atoms with Gasteiger partial charge in [-0.15, -0.1) is 6.42 Å². The Morgan fingerprint density at radius 1 is 0.713 bits per heavy atom. The van der Waals surface area contributed by atoms with E-state index in [0.717, 1.165) is 27.5 Å². The number of hydrogen-bond donors (Lipinski definition) is 3. The first kappa shape index (κ1) is 87.8. The van der Waals surface area contributed by atoms with Crippen LogP contribution in [-0.2, 0) is 62.3 Å². The maximum absolute atomic E-state index is 15.8. The van der Waals surface area contributed by atoms with Gasteiger partial charge in [0.1, 0.15) is 78.7 Å². The predicted molar refractivity (Wildman–Crippen MR) is 393 cm³/mol. The summed E-state index contributed by atoms with van der Waals surface area (Å²) in [6.07, 6.45) is 2.09. The molecule has 6 fully saturated rings. The molecule has 4 saturated carbocycles. The number of alkyl halides is 5. The Labute approximate surface area is 634 Å². The highest BCUT2D eigenvalue weighted by Gasteiger charge is 2.60. The van der Waals surface area contributed by atoms with Gasteiger partial charge in [0.05, 0.1) is 25.6 Å². The van der Waals surface area contributed by atoms with Gasteiger partial charge in [0.15, 0.2) is 0 Å². The smallest absolute Gasteiger partial charge is 0.377 e. The van der Waals surface area contributed by atoms with E-state index < -0.39 is 224 Å². The second kappa shape index (κ2) is 38.0. The molecule has 0 aromatic carbocycles. The lowest BCUT2D eigenvalue weighted by Crippen LogP contribution is -2.71. The van der Waals surface area contributed by atoms with Gasteiger partial charge in [-0.25, -0.2) is 8.78 Å². The van der Waals surface area contributed by atoms with Gasteiger partial charge in [0.2, 0.25) is 70.9 Å². The molecule has 7 aliphatic rings. The summed E-state index contributed by atoms with van der Waals surface area (Å²) in [7, 11) is 9.84. The van der Waals surface area contributed by atoms with E-state index in [4.69, 9.17) is 11.2 Å². The molecule has 3 aliphatic heterocycles. The van der Waals surface area contributed by atoms with Gasteiger partial charge in [-0.2, -0.15) is 13.2 Å². The minimum Gasteiger partial charge on any atom is -0.377 e. The number of nitrogens with one attached hydrogen (secondary N) is 3. The normalized spacial score (nSPS) is 32.2. The van der Waals surface area contributed by atoms with E-state index in [1.807, 2.05) is 19.9 Å². The number of likely N-dealkylation sites (N-methyl/N-ethyl adjacent to an activating group) is 6. The molecule has 7 rings (SSSR count). The highest BCUT2D eigenvalue weighted by Crippen LogP contribution is 2.50. The lowest BCUT2D eigenvalue weighted by atomic mass is 9.58. The highest BCUT2D eigenvalue weighted by atomic mass is 19.4. The van der Waals surface area contributed by atoms with Gasteiger partial charge in [-0.1, -0.05) is 111 Å². The van der Waals surface area contributed by atoms with Crippen LogP contribution in [0.5, 0.6) is 0 Å². The van der Waals surface area contributed by atoms with Gasteiger partial charge >= 0.3 is 6.18 Å². The average Bonchev–Trinajstić information content (AvgIpc) is 0.858.